The number of rotatable bonds is 7. The van der Waals surface area contributed by atoms with E-state index in [-0.39, 0.29) is 11.7 Å². The maximum atomic E-state index is 13.0. The summed E-state index contributed by atoms with van der Waals surface area (Å²) in [5.41, 5.74) is 1.74. The smallest absolute Gasteiger partial charge is 0.223 e. The van der Waals surface area contributed by atoms with Crippen molar-refractivity contribution in [3.63, 3.8) is 0 Å². The van der Waals surface area contributed by atoms with Crippen LogP contribution in [0, 0.1) is 5.82 Å². The van der Waals surface area contributed by atoms with Gasteiger partial charge in [0.1, 0.15) is 5.82 Å². The van der Waals surface area contributed by atoms with Crippen LogP contribution in [0.1, 0.15) is 18.4 Å². The van der Waals surface area contributed by atoms with Crippen molar-refractivity contribution < 1.29 is 9.18 Å². The Labute approximate surface area is 160 Å². The monoisotopic (exact) mass is 373 g/mol. The van der Waals surface area contributed by atoms with Gasteiger partial charge in [-0.1, -0.05) is 0 Å². The van der Waals surface area contributed by atoms with E-state index in [0.29, 0.717) is 19.0 Å². The van der Waals surface area contributed by atoms with Gasteiger partial charge in [0.05, 0.1) is 11.9 Å². The van der Waals surface area contributed by atoms with Gasteiger partial charge in [0, 0.05) is 50.9 Å². The summed E-state index contributed by atoms with van der Waals surface area (Å²) in [6, 6.07) is 6.71. The molecular formula is C20H28FN5O. The predicted octanol–water partition coefficient (Wildman–Crippen LogP) is 2.00. The highest BCUT2D eigenvalue weighted by Gasteiger charge is 2.23. The molecule has 1 aromatic carbocycles. The maximum absolute atomic E-state index is 13.0. The lowest BCUT2D eigenvalue weighted by molar-refractivity contribution is -0.130. The first-order valence-electron chi connectivity index (χ1n) is 9.34. The molecule has 0 unspecified atom stereocenters. The van der Waals surface area contributed by atoms with Crippen LogP contribution in [0.4, 0.5) is 4.39 Å². The van der Waals surface area contributed by atoms with Gasteiger partial charge in [-0.3, -0.25) is 4.79 Å². The number of amides is 1. The highest BCUT2D eigenvalue weighted by Crippen LogP contribution is 2.14. The summed E-state index contributed by atoms with van der Waals surface area (Å²) < 4.78 is 14.7. The number of likely N-dealkylation sites (tertiary alicyclic amines) is 1. The highest BCUT2D eigenvalue weighted by atomic mass is 19.1. The molecule has 2 aromatic rings. The van der Waals surface area contributed by atoms with E-state index in [1.807, 2.05) is 13.2 Å². The molecule has 3 rings (SSSR count). The third-order valence-corrected chi connectivity index (χ3v) is 5.24. The van der Waals surface area contributed by atoms with E-state index < -0.39 is 0 Å². The zero-order valence-electron chi connectivity index (χ0n) is 16.3. The molecule has 1 fully saturated rings. The van der Waals surface area contributed by atoms with Crippen molar-refractivity contribution in [2.24, 2.45) is 0 Å². The predicted molar refractivity (Wildman–Crippen MR) is 103 cm³/mol. The average molecular weight is 373 g/mol. The van der Waals surface area contributed by atoms with E-state index in [9.17, 15) is 9.18 Å². The first-order valence-corrected chi connectivity index (χ1v) is 9.34. The van der Waals surface area contributed by atoms with Crippen molar-refractivity contribution in [2.75, 3.05) is 40.8 Å². The molecule has 1 aliphatic rings. The van der Waals surface area contributed by atoms with Crippen LogP contribution in [0.3, 0.4) is 0 Å². The minimum absolute atomic E-state index is 0.128. The van der Waals surface area contributed by atoms with E-state index in [1.165, 1.54) is 18.6 Å². The lowest BCUT2D eigenvalue weighted by Gasteiger charge is -2.25. The fourth-order valence-electron chi connectivity index (χ4n) is 3.46. The molecule has 1 saturated heterocycles. The standard InChI is InChI=1S/C20H28FN5O/c1-23-10-8-19(15-23)24(2)11-9-20(27)25(3)13-16-12-22-26(14-16)18-6-4-17(21)5-7-18/h4-7,12,14,19H,8-11,13,15H2,1-3H3/t19-/m1/s1. The molecule has 0 saturated carbocycles. The zero-order valence-corrected chi connectivity index (χ0v) is 16.3. The second-order valence-electron chi connectivity index (χ2n) is 7.45. The number of likely N-dealkylation sites (N-methyl/N-ethyl adjacent to an activating group) is 2. The van der Waals surface area contributed by atoms with E-state index >= 15 is 0 Å². The van der Waals surface area contributed by atoms with Gasteiger partial charge in [-0.25, -0.2) is 9.07 Å². The summed E-state index contributed by atoms with van der Waals surface area (Å²) in [6.07, 6.45) is 5.30. The van der Waals surface area contributed by atoms with Gasteiger partial charge < -0.3 is 14.7 Å². The number of carbonyl (C=O) groups excluding carboxylic acids is 1. The molecule has 146 valence electrons. The fraction of sp³-hybridized carbons (Fsp3) is 0.500. The molecule has 0 bridgehead atoms. The van der Waals surface area contributed by atoms with Gasteiger partial charge in [0.25, 0.3) is 0 Å². The van der Waals surface area contributed by atoms with Gasteiger partial charge in [0.15, 0.2) is 0 Å². The minimum Gasteiger partial charge on any atom is -0.341 e. The number of benzene rings is 1. The molecule has 0 radical (unpaired) electrons. The Balaban J connectivity index is 1.49. The van der Waals surface area contributed by atoms with Crippen LogP contribution in [0.2, 0.25) is 0 Å². The summed E-state index contributed by atoms with van der Waals surface area (Å²) in [4.78, 5) is 18.8. The second kappa shape index (κ2) is 8.63. The Kier molecular flexibility index (Phi) is 6.23. The first-order chi connectivity index (χ1) is 12.9. The molecule has 2 heterocycles. The van der Waals surface area contributed by atoms with E-state index in [2.05, 4.69) is 29.0 Å². The molecule has 1 atom stereocenters. The number of halogens is 1. The van der Waals surface area contributed by atoms with E-state index in [4.69, 9.17) is 0 Å². The summed E-state index contributed by atoms with van der Waals surface area (Å²) in [5, 5.41) is 4.31. The molecule has 0 spiro atoms. The van der Waals surface area contributed by atoms with Crippen molar-refractivity contribution in [1.29, 1.82) is 0 Å². The summed E-state index contributed by atoms with van der Waals surface area (Å²) >= 11 is 0. The Morgan fingerprint density at radius 3 is 2.70 bits per heavy atom. The normalized spacial score (nSPS) is 17.6. The molecule has 1 amide bonds. The van der Waals surface area contributed by atoms with Crippen LogP contribution in [0.25, 0.3) is 5.69 Å². The second-order valence-corrected chi connectivity index (χ2v) is 7.45. The lowest BCUT2D eigenvalue weighted by atomic mass is 10.2. The number of aromatic nitrogens is 2. The van der Waals surface area contributed by atoms with Crippen molar-refractivity contribution in [2.45, 2.75) is 25.4 Å². The molecule has 1 aromatic heterocycles. The fourth-order valence-corrected chi connectivity index (χ4v) is 3.46. The van der Waals surface area contributed by atoms with Crippen LogP contribution in [-0.4, -0.2) is 77.2 Å². The number of carbonyl (C=O) groups is 1. The number of hydrogen-bond donors (Lipinski definition) is 0. The van der Waals surface area contributed by atoms with Gasteiger partial charge >= 0.3 is 0 Å². The highest BCUT2D eigenvalue weighted by molar-refractivity contribution is 5.76. The largest absolute Gasteiger partial charge is 0.341 e. The first kappa shape index (κ1) is 19.5. The third kappa shape index (κ3) is 5.14. The zero-order chi connectivity index (χ0) is 19.4. The SMILES string of the molecule is CN1CC[C@@H](N(C)CCC(=O)N(C)Cc2cnn(-c3ccc(F)cc3)c2)C1. The minimum atomic E-state index is -0.273. The lowest BCUT2D eigenvalue weighted by Crippen LogP contribution is -2.37. The van der Waals surface area contributed by atoms with Crippen LogP contribution in [0.5, 0.6) is 0 Å². The number of nitrogens with zero attached hydrogens (tertiary/aromatic N) is 5. The topological polar surface area (TPSA) is 44.6 Å². The summed E-state index contributed by atoms with van der Waals surface area (Å²) in [5.74, 6) is -0.145. The van der Waals surface area contributed by atoms with Crippen LogP contribution >= 0.6 is 0 Å². The molecule has 0 N–H and O–H groups in total. The van der Waals surface area contributed by atoms with Crippen LogP contribution < -0.4 is 0 Å². The molecule has 27 heavy (non-hydrogen) atoms. The van der Waals surface area contributed by atoms with Crippen LogP contribution in [0.15, 0.2) is 36.7 Å². The molecular weight excluding hydrogens is 345 g/mol. The molecule has 6 nitrogen and oxygen atoms in total. The maximum Gasteiger partial charge on any atom is 0.223 e. The third-order valence-electron chi connectivity index (χ3n) is 5.24. The van der Waals surface area contributed by atoms with Gasteiger partial charge in [0.2, 0.25) is 5.91 Å². The summed E-state index contributed by atoms with van der Waals surface area (Å²) in [7, 11) is 6.06. The van der Waals surface area contributed by atoms with Crippen molar-refractivity contribution in [1.82, 2.24) is 24.5 Å². The van der Waals surface area contributed by atoms with Crippen LogP contribution in [-0.2, 0) is 11.3 Å². The Hall–Kier alpha value is -2.25. The Morgan fingerprint density at radius 1 is 1.30 bits per heavy atom. The average Bonchev–Trinajstić information content (AvgIpc) is 3.29. The van der Waals surface area contributed by atoms with Crippen molar-refractivity contribution in [3.8, 4) is 5.69 Å². The van der Waals surface area contributed by atoms with Gasteiger partial charge in [-0.15, -0.1) is 0 Å². The Morgan fingerprint density at radius 2 is 2.04 bits per heavy atom. The van der Waals surface area contributed by atoms with E-state index in [0.717, 1.165) is 30.9 Å². The molecule has 0 aliphatic carbocycles. The summed E-state index contributed by atoms with van der Waals surface area (Å²) in [6.45, 7) is 3.48. The van der Waals surface area contributed by atoms with Crippen molar-refractivity contribution >= 4 is 5.91 Å². The quantitative estimate of drug-likeness (QED) is 0.745. The Bertz CT molecular complexity index is 760. The molecule has 7 heteroatoms. The molecule has 1 aliphatic heterocycles. The van der Waals surface area contributed by atoms with Crippen molar-refractivity contribution in [3.05, 3.63) is 48.0 Å². The van der Waals surface area contributed by atoms with E-state index in [1.54, 1.807) is 27.9 Å². The van der Waals surface area contributed by atoms with Gasteiger partial charge in [-0.05, 0) is 51.3 Å². The van der Waals surface area contributed by atoms with Gasteiger partial charge in [-0.2, -0.15) is 5.10 Å². The number of hydrogen-bond acceptors (Lipinski definition) is 4.